The zero-order valence-electron chi connectivity index (χ0n) is 11.2. The summed E-state index contributed by atoms with van der Waals surface area (Å²) in [5.41, 5.74) is 6.24. The number of amides is 1. The van der Waals surface area contributed by atoms with E-state index in [4.69, 9.17) is 10.5 Å². The van der Waals surface area contributed by atoms with Gasteiger partial charge in [-0.2, -0.15) is 0 Å². The van der Waals surface area contributed by atoms with Gasteiger partial charge in [0.2, 0.25) is 5.91 Å². The minimum atomic E-state index is -0.539. The van der Waals surface area contributed by atoms with Crippen molar-refractivity contribution in [1.29, 1.82) is 0 Å². The predicted molar refractivity (Wildman–Crippen MR) is 84.0 cm³/mol. The van der Waals surface area contributed by atoms with E-state index in [0.717, 1.165) is 18.9 Å². The number of nitrogens with zero attached hydrogens (tertiary/aromatic N) is 2. The number of nitrogens with one attached hydrogen (secondary N) is 1. The second-order valence-electron chi connectivity index (χ2n) is 4.25. The minimum Gasteiger partial charge on any atom is -0.378 e. The minimum absolute atomic E-state index is 0. The molecule has 2 rings (SSSR count). The number of carbonyl (C=O) groups is 1. The number of aromatic nitrogens is 1. The number of rotatable bonds is 3. The second-order valence-corrected chi connectivity index (χ2v) is 4.25. The van der Waals surface area contributed by atoms with Gasteiger partial charge in [0.05, 0.1) is 24.9 Å². The first-order valence-electron chi connectivity index (χ1n) is 6.02. The van der Waals surface area contributed by atoms with Crippen LogP contribution in [-0.4, -0.2) is 43.2 Å². The highest BCUT2D eigenvalue weighted by molar-refractivity contribution is 5.96. The average molecular weight is 323 g/mol. The van der Waals surface area contributed by atoms with Crippen molar-refractivity contribution in [3.8, 4) is 0 Å². The van der Waals surface area contributed by atoms with Crippen LogP contribution in [0, 0.1) is 0 Å². The highest BCUT2D eigenvalue weighted by Crippen LogP contribution is 2.23. The summed E-state index contributed by atoms with van der Waals surface area (Å²) < 4.78 is 5.30. The van der Waals surface area contributed by atoms with Crippen LogP contribution in [0.3, 0.4) is 0 Å². The van der Waals surface area contributed by atoms with Gasteiger partial charge in [0.25, 0.3) is 0 Å². The van der Waals surface area contributed by atoms with E-state index in [1.54, 1.807) is 19.2 Å². The second kappa shape index (κ2) is 8.97. The Morgan fingerprint density at radius 1 is 1.45 bits per heavy atom. The Labute approximate surface area is 130 Å². The Balaban J connectivity index is 0.00000180. The third-order valence-electron chi connectivity index (χ3n) is 2.77. The lowest BCUT2D eigenvalue weighted by molar-refractivity contribution is -0.117. The van der Waals surface area contributed by atoms with E-state index in [2.05, 4.69) is 15.2 Å². The molecule has 1 fully saturated rings. The molecule has 1 aromatic heterocycles. The Hall–Kier alpha value is -1.08. The molecule has 1 aliphatic heterocycles. The third kappa shape index (κ3) is 4.79. The Bertz CT molecular complexity index is 426. The average Bonchev–Trinajstić information content (AvgIpc) is 2.40. The number of ether oxygens (including phenoxy) is 1. The summed E-state index contributed by atoms with van der Waals surface area (Å²) in [5.74, 6) is 0.562. The molecule has 0 bridgehead atoms. The molecule has 1 saturated heterocycles. The van der Waals surface area contributed by atoms with Gasteiger partial charge in [-0.25, -0.2) is 4.98 Å². The van der Waals surface area contributed by atoms with Crippen LogP contribution in [0.1, 0.15) is 6.92 Å². The number of hydrogen-bond acceptors (Lipinski definition) is 5. The van der Waals surface area contributed by atoms with E-state index in [1.165, 1.54) is 0 Å². The summed E-state index contributed by atoms with van der Waals surface area (Å²) in [7, 11) is 0. The van der Waals surface area contributed by atoms with Crippen LogP contribution in [0.5, 0.6) is 0 Å². The largest absolute Gasteiger partial charge is 0.378 e. The number of halogens is 2. The van der Waals surface area contributed by atoms with Gasteiger partial charge in [-0.3, -0.25) is 4.79 Å². The van der Waals surface area contributed by atoms with E-state index >= 15 is 0 Å². The van der Waals surface area contributed by atoms with Crippen LogP contribution in [0.15, 0.2) is 18.3 Å². The van der Waals surface area contributed by atoms with Gasteiger partial charge >= 0.3 is 0 Å². The predicted octanol–water partition coefficient (Wildman–Crippen LogP) is 1.05. The molecule has 0 radical (unpaired) electrons. The van der Waals surface area contributed by atoms with Crippen molar-refractivity contribution in [2.45, 2.75) is 13.0 Å². The summed E-state index contributed by atoms with van der Waals surface area (Å²) in [4.78, 5) is 18.1. The van der Waals surface area contributed by atoms with E-state index in [-0.39, 0.29) is 30.7 Å². The summed E-state index contributed by atoms with van der Waals surface area (Å²) in [5, 5.41) is 2.80. The van der Waals surface area contributed by atoms with Gasteiger partial charge in [-0.1, -0.05) is 0 Å². The van der Waals surface area contributed by atoms with Crippen molar-refractivity contribution in [2.24, 2.45) is 5.73 Å². The van der Waals surface area contributed by atoms with E-state index in [1.807, 2.05) is 6.07 Å². The number of carbonyl (C=O) groups excluding carboxylic acids is 1. The quantitative estimate of drug-likeness (QED) is 0.869. The van der Waals surface area contributed by atoms with Gasteiger partial charge in [0, 0.05) is 19.3 Å². The van der Waals surface area contributed by atoms with Gasteiger partial charge in [0.1, 0.15) is 0 Å². The smallest absolute Gasteiger partial charge is 0.241 e. The molecule has 1 aromatic rings. The standard InChI is InChI=1S/C12H18N4O2.2ClH/c1-9(13)12(17)15-10-3-2-4-14-11(10)16-5-7-18-8-6-16;;/h2-4,9H,5-8,13H2,1H3,(H,15,17);2*1H. The van der Waals surface area contributed by atoms with Crippen molar-refractivity contribution in [3.63, 3.8) is 0 Å². The number of pyridine rings is 1. The maximum Gasteiger partial charge on any atom is 0.241 e. The molecule has 1 aliphatic rings. The van der Waals surface area contributed by atoms with Crippen molar-refractivity contribution >= 4 is 42.2 Å². The lowest BCUT2D eigenvalue weighted by Crippen LogP contribution is -2.38. The zero-order valence-corrected chi connectivity index (χ0v) is 12.9. The molecule has 2 heterocycles. The van der Waals surface area contributed by atoms with E-state index in [9.17, 15) is 4.79 Å². The highest BCUT2D eigenvalue weighted by Gasteiger charge is 2.17. The number of hydrogen-bond donors (Lipinski definition) is 2. The fraction of sp³-hybridized carbons (Fsp3) is 0.500. The molecule has 114 valence electrons. The third-order valence-corrected chi connectivity index (χ3v) is 2.77. The first-order chi connectivity index (χ1) is 8.68. The Morgan fingerprint density at radius 2 is 2.10 bits per heavy atom. The van der Waals surface area contributed by atoms with Gasteiger partial charge in [0.15, 0.2) is 5.82 Å². The first-order valence-corrected chi connectivity index (χ1v) is 6.02. The molecule has 1 amide bonds. The molecule has 0 aromatic carbocycles. The van der Waals surface area contributed by atoms with Gasteiger partial charge in [-0.05, 0) is 19.1 Å². The normalized spacial score (nSPS) is 15.6. The van der Waals surface area contributed by atoms with Crippen LogP contribution >= 0.6 is 24.8 Å². The zero-order chi connectivity index (χ0) is 13.0. The molecule has 1 unspecified atom stereocenters. The first kappa shape index (κ1) is 18.9. The molecule has 6 nitrogen and oxygen atoms in total. The van der Waals surface area contributed by atoms with Crippen LogP contribution < -0.4 is 16.0 Å². The van der Waals surface area contributed by atoms with Crippen molar-refractivity contribution < 1.29 is 9.53 Å². The number of anilines is 2. The fourth-order valence-electron chi connectivity index (χ4n) is 1.77. The molecular formula is C12H20Cl2N4O2. The lowest BCUT2D eigenvalue weighted by Gasteiger charge is -2.29. The van der Waals surface area contributed by atoms with Crippen molar-refractivity contribution in [3.05, 3.63) is 18.3 Å². The molecule has 1 atom stereocenters. The monoisotopic (exact) mass is 322 g/mol. The maximum atomic E-state index is 11.6. The Kier molecular flexibility index (Phi) is 8.48. The fourth-order valence-corrected chi connectivity index (χ4v) is 1.77. The summed E-state index contributed by atoms with van der Waals surface area (Å²) in [6.45, 7) is 4.56. The highest BCUT2D eigenvalue weighted by atomic mass is 35.5. The van der Waals surface area contributed by atoms with E-state index < -0.39 is 6.04 Å². The molecule has 0 saturated carbocycles. The summed E-state index contributed by atoms with van der Waals surface area (Å²) in [6.07, 6.45) is 1.71. The Morgan fingerprint density at radius 3 is 2.70 bits per heavy atom. The van der Waals surface area contributed by atoms with E-state index in [0.29, 0.717) is 18.9 Å². The number of nitrogens with two attached hydrogens (primary N) is 1. The molecule has 0 aliphatic carbocycles. The van der Waals surface area contributed by atoms with Crippen LogP contribution in [0.2, 0.25) is 0 Å². The SMILES string of the molecule is CC(N)C(=O)Nc1cccnc1N1CCOCC1.Cl.Cl. The van der Waals surface area contributed by atoms with Crippen LogP contribution in [0.4, 0.5) is 11.5 Å². The summed E-state index contributed by atoms with van der Waals surface area (Å²) in [6, 6.07) is 3.08. The van der Waals surface area contributed by atoms with Gasteiger partial charge < -0.3 is 20.7 Å². The van der Waals surface area contributed by atoms with Crippen LogP contribution in [0.25, 0.3) is 0 Å². The number of morpholine rings is 1. The maximum absolute atomic E-state index is 11.6. The van der Waals surface area contributed by atoms with Crippen molar-refractivity contribution in [1.82, 2.24) is 4.98 Å². The molecule has 3 N–H and O–H groups in total. The summed E-state index contributed by atoms with van der Waals surface area (Å²) >= 11 is 0. The molecule has 0 spiro atoms. The lowest BCUT2D eigenvalue weighted by atomic mass is 10.3. The molecule has 8 heteroatoms. The van der Waals surface area contributed by atoms with Crippen LogP contribution in [-0.2, 0) is 9.53 Å². The van der Waals surface area contributed by atoms with Crippen molar-refractivity contribution in [2.75, 3.05) is 36.5 Å². The molecule has 20 heavy (non-hydrogen) atoms. The van der Waals surface area contributed by atoms with Gasteiger partial charge in [-0.15, -0.1) is 24.8 Å². The topological polar surface area (TPSA) is 80.5 Å². The molecular weight excluding hydrogens is 303 g/mol.